The standard InChI is InChI=1S/C11H11NO4/c1-2-8(7-11(13)14)9-3-5-10(6-4-9)12(15)16/h3-7H,2H2,1H3,(H,13,14). The number of nitro groups is 1. The van der Waals surface area contributed by atoms with Crippen LogP contribution in [0, 0.1) is 10.1 Å². The van der Waals surface area contributed by atoms with Gasteiger partial charge in [0.1, 0.15) is 0 Å². The summed E-state index contributed by atoms with van der Waals surface area (Å²) < 4.78 is 0. The number of nitro benzene ring substituents is 1. The number of benzene rings is 1. The van der Waals surface area contributed by atoms with Gasteiger partial charge in [-0.3, -0.25) is 10.1 Å². The van der Waals surface area contributed by atoms with E-state index in [0.717, 1.165) is 6.08 Å². The average Bonchev–Trinajstić information content (AvgIpc) is 2.25. The highest BCUT2D eigenvalue weighted by molar-refractivity contribution is 5.90. The zero-order chi connectivity index (χ0) is 12.1. The SMILES string of the molecule is CCC(=CC(=O)O)c1ccc([N+](=O)[O-])cc1. The van der Waals surface area contributed by atoms with Gasteiger partial charge in [0.15, 0.2) is 0 Å². The highest BCUT2D eigenvalue weighted by Crippen LogP contribution is 2.20. The Morgan fingerprint density at radius 2 is 2.00 bits per heavy atom. The van der Waals surface area contributed by atoms with Crippen LogP contribution in [0.15, 0.2) is 30.3 Å². The smallest absolute Gasteiger partial charge is 0.328 e. The van der Waals surface area contributed by atoms with Gasteiger partial charge in [-0.2, -0.15) is 0 Å². The first-order valence-corrected chi connectivity index (χ1v) is 4.73. The monoisotopic (exact) mass is 221 g/mol. The van der Waals surface area contributed by atoms with Crippen LogP contribution in [-0.2, 0) is 4.79 Å². The minimum atomic E-state index is -1.02. The minimum Gasteiger partial charge on any atom is -0.478 e. The maximum absolute atomic E-state index is 10.5. The number of allylic oxidation sites excluding steroid dienone is 1. The van der Waals surface area contributed by atoms with Crippen molar-refractivity contribution < 1.29 is 14.8 Å². The van der Waals surface area contributed by atoms with Crippen LogP contribution in [0.5, 0.6) is 0 Å². The van der Waals surface area contributed by atoms with E-state index in [1.54, 1.807) is 12.1 Å². The van der Waals surface area contributed by atoms with E-state index >= 15 is 0 Å². The summed E-state index contributed by atoms with van der Waals surface area (Å²) in [6.07, 6.45) is 1.67. The van der Waals surface area contributed by atoms with Gasteiger partial charge in [0.05, 0.1) is 4.92 Å². The maximum atomic E-state index is 10.5. The molecule has 0 saturated carbocycles. The predicted octanol–water partition coefficient (Wildman–Crippen LogP) is 2.47. The second-order valence-corrected chi connectivity index (χ2v) is 3.17. The second kappa shape index (κ2) is 5.06. The van der Waals surface area contributed by atoms with E-state index in [1.165, 1.54) is 12.1 Å². The number of carboxylic acid groups (broad SMARTS) is 1. The van der Waals surface area contributed by atoms with Crippen molar-refractivity contribution in [3.05, 3.63) is 46.0 Å². The van der Waals surface area contributed by atoms with Crippen molar-refractivity contribution in [1.29, 1.82) is 0 Å². The van der Waals surface area contributed by atoms with E-state index in [-0.39, 0.29) is 5.69 Å². The van der Waals surface area contributed by atoms with Crippen LogP contribution in [0.25, 0.3) is 5.57 Å². The summed E-state index contributed by atoms with van der Waals surface area (Å²) in [5.41, 5.74) is 1.33. The largest absolute Gasteiger partial charge is 0.478 e. The maximum Gasteiger partial charge on any atom is 0.328 e. The highest BCUT2D eigenvalue weighted by atomic mass is 16.6. The molecule has 0 atom stereocenters. The first-order valence-electron chi connectivity index (χ1n) is 4.73. The Bertz CT molecular complexity index is 434. The number of carboxylic acids is 1. The van der Waals surface area contributed by atoms with Gasteiger partial charge in [0, 0.05) is 18.2 Å². The van der Waals surface area contributed by atoms with Crippen molar-refractivity contribution in [3.63, 3.8) is 0 Å². The normalized spacial score (nSPS) is 11.2. The van der Waals surface area contributed by atoms with E-state index in [1.807, 2.05) is 6.92 Å². The van der Waals surface area contributed by atoms with Gasteiger partial charge >= 0.3 is 5.97 Å². The molecule has 0 aliphatic heterocycles. The van der Waals surface area contributed by atoms with Crippen LogP contribution in [0.1, 0.15) is 18.9 Å². The van der Waals surface area contributed by atoms with Gasteiger partial charge in [-0.05, 0) is 29.7 Å². The predicted molar refractivity (Wildman–Crippen MR) is 59.0 cm³/mol. The first kappa shape index (κ1) is 11.9. The summed E-state index contributed by atoms with van der Waals surface area (Å²) in [5, 5.41) is 19.1. The third-order valence-electron chi connectivity index (χ3n) is 2.13. The molecule has 0 fully saturated rings. The Kier molecular flexibility index (Phi) is 3.77. The number of nitrogens with zero attached hydrogens (tertiary/aromatic N) is 1. The van der Waals surface area contributed by atoms with E-state index in [2.05, 4.69) is 0 Å². The molecule has 1 aromatic rings. The fourth-order valence-corrected chi connectivity index (χ4v) is 1.34. The lowest BCUT2D eigenvalue weighted by Gasteiger charge is -2.03. The highest BCUT2D eigenvalue weighted by Gasteiger charge is 2.06. The molecule has 0 unspecified atom stereocenters. The van der Waals surface area contributed by atoms with Gasteiger partial charge in [-0.1, -0.05) is 6.92 Å². The van der Waals surface area contributed by atoms with E-state index in [4.69, 9.17) is 5.11 Å². The van der Waals surface area contributed by atoms with Crippen LogP contribution < -0.4 is 0 Å². The summed E-state index contributed by atoms with van der Waals surface area (Å²) in [4.78, 5) is 20.5. The summed E-state index contributed by atoms with van der Waals surface area (Å²) in [6.45, 7) is 1.83. The molecule has 0 aromatic heterocycles. The molecule has 84 valence electrons. The van der Waals surface area contributed by atoms with Crippen molar-refractivity contribution in [3.8, 4) is 0 Å². The molecule has 16 heavy (non-hydrogen) atoms. The Morgan fingerprint density at radius 3 is 2.38 bits per heavy atom. The summed E-state index contributed by atoms with van der Waals surface area (Å²) in [6, 6.07) is 5.83. The lowest BCUT2D eigenvalue weighted by atomic mass is 10.0. The zero-order valence-electron chi connectivity index (χ0n) is 8.71. The molecule has 0 saturated heterocycles. The van der Waals surface area contributed by atoms with Gasteiger partial charge in [-0.15, -0.1) is 0 Å². The van der Waals surface area contributed by atoms with Crippen LogP contribution >= 0.6 is 0 Å². The Labute approximate surface area is 92.2 Å². The fraction of sp³-hybridized carbons (Fsp3) is 0.182. The van der Waals surface area contributed by atoms with Crippen molar-refractivity contribution in [2.45, 2.75) is 13.3 Å². The molecule has 0 amide bonds. The number of rotatable bonds is 4. The second-order valence-electron chi connectivity index (χ2n) is 3.17. The number of non-ortho nitro benzene ring substituents is 1. The summed E-state index contributed by atoms with van der Waals surface area (Å²) >= 11 is 0. The molecule has 0 radical (unpaired) electrons. The third kappa shape index (κ3) is 2.91. The average molecular weight is 221 g/mol. The molecule has 0 aliphatic rings. The van der Waals surface area contributed by atoms with Crippen molar-refractivity contribution in [1.82, 2.24) is 0 Å². The van der Waals surface area contributed by atoms with Gasteiger partial charge < -0.3 is 5.11 Å². The molecule has 0 aliphatic carbocycles. The number of hydrogen-bond acceptors (Lipinski definition) is 3. The molecular formula is C11H11NO4. The fourth-order valence-electron chi connectivity index (χ4n) is 1.34. The zero-order valence-corrected chi connectivity index (χ0v) is 8.71. The van der Waals surface area contributed by atoms with Gasteiger partial charge in [0.25, 0.3) is 5.69 Å². The third-order valence-corrected chi connectivity index (χ3v) is 2.13. The van der Waals surface area contributed by atoms with Crippen molar-refractivity contribution >= 4 is 17.2 Å². The molecule has 0 heterocycles. The van der Waals surface area contributed by atoms with Crippen LogP contribution in [0.4, 0.5) is 5.69 Å². The molecule has 5 nitrogen and oxygen atoms in total. The number of hydrogen-bond donors (Lipinski definition) is 1. The molecule has 1 N–H and O–H groups in total. The van der Waals surface area contributed by atoms with Crippen LogP contribution in [0.2, 0.25) is 0 Å². The van der Waals surface area contributed by atoms with Crippen molar-refractivity contribution in [2.24, 2.45) is 0 Å². The topological polar surface area (TPSA) is 80.4 Å². The Hall–Kier alpha value is -2.17. The quantitative estimate of drug-likeness (QED) is 0.481. The number of carbonyl (C=O) groups is 1. The van der Waals surface area contributed by atoms with Crippen LogP contribution in [-0.4, -0.2) is 16.0 Å². The van der Waals surface area contributed by atoms with Crippen molar-refractivity contribution in [2.75, 3.05) is 0 Å². The molecular weight excluding hydrogens is 210 g/mol. The Balaban J connectivity index is 3.04. The molecule has 1 rings (SSSR count). The van der Waals surface area contributed by atoms with E-state index in [0.29, 0.717) is 17.6 Å². The van der Waals surface area contributed by atoms with Crippen LogP contribution in [0.3, 0.4) is 0 Å². The van der Waals surface area contributed by atoms with Gasteiger partial charge in [0.2, 0.25) is 0 Å². The Morgan fingerprint density at radius 1 is 1.44 bits per heavy atom. The molecule has 0 bridgehead atoms. The van der Waals surface area contributed by atoms with Gasteiger partial charge in [-0.25, -0.2) is 4.79 Å². The van der Waals surface area contributed by atoms with E-state index < -0.39 is 10.9 Å². The number of aliphatic carboxylic acids is 1. The lowest BCUT2D eigenvalue weighted by Crippen LogP contribution is -1.93. The summed E-state index contributed by atoms with van der Waals surface area (Å²) in [5.74, 6) is -1.02. The summed E-state index contributed by atoms with van der Waals surface area (Å²) in [7, 11) is 0. The van der Waals surface area contributed by atoms with E-state index in [9.17, 15) is 14.9 Å². The molecule has 5 heteroatoms. The molecule has 1 aromatic carbocycles. The lowest BCUT2D eigenvalue weighted by molar-refractivity contribution is -0.384. The molecule has 0 spiro atoms. The minimum absolute atomic E-state index is 0.00507. The first-order chi connectivity index (χ1) is 7.54.